The van der Waals surface area contributed by atoms with Gasteiger partial charge in [0.05, 0.1) is 0 Å². The van der Waals surface area contributed by atoms with E-state index in [1.165, 1.54) is 0 Å². The van der Waals surface area contributed by atoms with Crippen LogP contribution in [0.2, 0.25) is 0 Å². The summed E-state index contributed by atoms with van der Waals surface area (Å²) in [4.78, 5) is 0. The molecular weight excluding hydrogens is 280 g/mol. The standard InChI is InChI=1S/C10H4F4N6/c11-5-1-6(12)9(8(14)7(5)13)16-3-4(2-15)10-17-19-20-18-10/h1,3,16H,(H,17,18,19,20). The lowest BCUT2D eigenvalue weighted by Crippen LogP contribution is -2.03. The number of rotatable bonds is 3. The van der Waals surface area contributed by atoms with E-state index in [1.54, 1.807) is 6.07 Å². The summed E-state index contributed by atoms with van der Waals surface area (Å²) in [5, 5.41) is 23.1. The first-order valence-corrected chi connectivity index (χ1v) is 4.98. The molecule has 0 radical (unpaired) electrons. The summed E-state index contributed by atoms with van der Waals surface area (Å²) in [6, 6.07) is 1.82. The molecule has 2 aromatic rings. The Morgan fingerprint density at radius 2 is 2.00 bits per heavy atom. The van der Waals surface area contributed by atoms with Crippen molar-refractivity contribution in [2.75, 3.05) is 5.32 Å². The molecule has 0 aliphatic rings. The summed E-state index contributed by atoms with van der Waals surface area (Å²) in [6.45, 7) is 0. The summed E-state index contributed by atoms with van der Waals surface area (Å²) < 4.78 is 52.4. The number of nitriles is 1. The van der Waals surface area contributed by atoms with E-state index >= 15 is 0 Å². The van der Waals surface area contributed by atoms with E-state index in [0.717, 1.165) is 6.20 Å². The van der Waals surface area contributed by atoms with Gasteiger partial charge in [-0.05, 0) is 5.21 Å². The second kappa shape index (κ2) is 5.35. The van der Waals surface area contributed by atoms with Crippen LogP contribution in [0.3, 0.4) is 0 Å². The molecule has 0 aliphatic carbocycles. The summed E-state index contributed by atoms with van der Waals surface area (Å²) >= 11 is 0. The van der Waals surface area contributed by atoms with Gasteiger partial charge in [-0.15, -0.1) is 10.2 Å². The molecular formula is C10H4F4N6. The van der Waals surface area contributed by atoms with E-state index in [4.69, 9.17) is 5.26 Å². The number of nitrogens with zero attached hydrogens (tertiary/aromatic N) is 4. The third kappa shape index (κ3) is 2.41. The van der Waals surface area contributed by atoms with Crippen molar-refractivity contribution in [2.45, 2.75) is 0 Å². The Balaban J connectivity index is 2.36. The highest BCUT2D eigenvalue weighted by Gasteiger charge is 2.18. The normalized spacial score (nSPS) is 11.2. The number of allylic oxidation sites excluding steroid dienone is 1. The number of nitrogens with one attached hydrogen (secondary N) is 2. The number of H-pyrrole nitrogens is 1. The first-order chi connectivity index (χ1) is 9.54. The van der Waals surface area contributed by atoms with Crippen molar-refractivity contribution in [3.05, 3.63) is 41.4 Å². The molecule has 0 unspecified atom stereocenters. The molecule has 6 nitrogen and oxygen atoms in total. The number of benzene rings is 1. The molecule has 2 N–H and O–H groups in total. The summed E-state index contributed by atoms with van der Waals surface area (Å²) in [7, 11) is 0. The zero-order valence-corrected chi connectivity index (χ0v) is 9.46. The lowest BCUT2D eigenvalue weighted by molar-refractivity contribution is 0.438. The minimum atomic E-state index is -1.83. The van der Waals surface area contributed by atoms with E-state index in [0.29, 0.717) is 0 Å². The van der Waals surface area contributed by atoms with Crippen molar-refractivity contribution in [3.63, 3.8) is 0 Å². The number of anilines is 1. The van der Waals surface area contributed by atoms with Crippen LogP contribution in [0.4, 0.5) is 23.2 Å². The lowest BCUT2D eigenvalue weighted by Gasteiger charge is -2.06. The first kappa shape index (κ1) is 13.5. The van der Waals surface area contributed by atoms with E-state index in [9.17, 15) is 17.6 Å². The molecule has 10 heteroatoms. The van der Waals surface area contributed by atoms with Gasteiger partial charge in [-0.1, -0.05) is 0 Å². The van der Waals surface area contributed by atoms with Crippen LogP contribution in [-0.2, 0) is 0 Å². The minimum absolute atomic E-state index is 0.136. The number of tetrazole rings is 1. The smallest absolute Gasteiger partial charge is 0.216 e. The van der Waals surface area contributed by atoms with E-state index in [-0.39, 0.29) is 17.5 Å². The van der Waals surface area contributed by atoms with E-state index < -0.39 is 29.0 Å². The zero-order valence-electron chi connectivity index (χ0n) is 9.46. The summed E-state index contributed by atoms with van der Waals surface area (Å²) in [5.41, 5.74) is -1.16. The molecule has 20 heavy (non-hydrogen) atoms. The van der Waals surface area contributed by atoms with Crippen LogP contribution in [0.5, 0.6) is 0 Å². The topological polar surface area (TPSA) is 90.3 Å². The van der Waals surface area contributed by atoms with Crippen LogP contribution in [0, 0.1) is 34.6 Å². The van der Waals surface area contributed by atoms with Gasteiger partial charge in [0, 0.05) is 12.3 Å². The third-order valence-corrected chi connectivity index (χ3v) is 2.18. The fourth-order valence-corrected chi connectivity index (χ4v) is 1.27. The Labute approximate surface area is 108 Å². The third-order valence-electron chi connectivity index (χ3n) is 2.18. The number of hydrogen-bond donors (Lipinski definition) is 2. The molecule has 0 saturated carbocycles. The predicted octanol–water partition coefficient (Wildman–Crippen LogP) is 1.73. The highest BCUT2D eigenvalue weighted by molar-refractivity contribution is 5.74. The van der Waals surface area contributed by atoms with Crippen LogP contribution in [-0.4, -0.2) is 20.6 Å². The second-order valence-electron chi connectivity index (χ2n) is 3.39. The Morgan fingerprint density at radius 3 is 2.60 bits per heavy atom. The number of halogens is 4. The fraction of sp³-hybridized carbons (Fsp3) is 0. The Morgan fingerprint density at radius 1 is 1.25 bits per heavy atom. The molecule has 102 valence electrons. The largest absolute Gasteiger partial charge is 0.355 e. The molecule has 0 aliphatic heterocycles. The van der Waals surface area contributed by atoms with Gasteiger partial charge in [0.15, 0.2) is 23.3 Å². The average molecular weight is 284 g/mol. The van der Waals surface area contributed by atoms with E-state index in [2.05, 4.69) is 20.6 Å². The molecule has 0 fully saturated rings. The monoisotopic (exact) mass is 284 g/mol. The molecule has 0 amide bonds. The molecule has 0 bridgehead atoms. The SMILES string of the molecule is N#CC(=CNc1c(F)cc(F)c(F)c1F)c1nn[nH]n1. The van der Waals surface area contributed by atoms with Crippen molar-refractivity contribution in [1.82, 2.24) is 20.6 Å². The zero-order chi connectivity index (χ0) is 14.7. The summed E-state index contributed by atoms with van der Waals surface area (Å²) in [5.74, 6) is -6.73. The van der Waals surface area contributed by atoms with Crippen LogP contribution in [0.25, 0.3) is 5.57 Å². The first-order valence-electron chi connectivity index (χ1n) is 4.98. The minimum Gasteiger partial charge on any atom is -0.355 e. The van der Waals surface area contributed by atoms with Gasteiger partial charge in [0.2, 0.25) is 5.82 Å². The molecule has 1 heterocycles. The van der Waals surface area contributed by atoms with Crippen LogP contribution in [0.15, 0.2) is 12.3 Å². The molecule has 1 aromatic carbocycles. The van der Waals surface area contributed by atoms with Crippen LogP contribution >= 0.6 is 0 Å². The number of hydrogen-bond acceptors (Lipinski definition) is 5. The Kier molecular flexibility index (Phi) is 3.60. The molecule has 0 saturated heterocycles. The van der Waals surface area contributed by atoms with Gasteiger partial charge in [-0.2, -0.15) is 10.5 Å². The van der Waals surface area contributed by atoms with E-state index in [1.807, 2.05) is 5.32 Å². The van der Waals surface area contributed by atoms with Crippen molar-refractivity contribution in [1.29, 1.82) is 5.26 Å². The van der Waals surface area contributed by atoms with Gasteiger partial charge >= 0.3 is 0 Å². The highest BCUT2D eigenvalue weighted by Crippen LogP contribution is 2.24. The second-order valence-corrected chi connectivity index (χ2v) is 3.39. The van der Waals surface area contributed by atoms with Gasteiger partial charge in [-0.25, -0.2) is 17.6 Å². The van der Waals surface area contributed by atoms with Crippen LogP contribution < -0.4 is 5.32 Å². The molecule has 0 atom stereocenters. The maximum absolute atomic E-state index is 13.3. The number of aromatic amines is 1. The molecule has 2 rings (SSSR count). The maximum Gasteiger partial charge on any atom is 0.216 e. The van der Waals surface area contributed by atoms with Crippen molar-refractivity contribution in [2.24, 2.45) is 0 Å². The average Bonchev–Trinajstić information content (AvgIpc) is 2.94. The Bertz CT molecular complexity index is 704. The quantitative estimate of drug-likeness (QED) is 0.388. The summed E-state index contributed by atoms with van der Waals surface area (Å²) in [6.07, 6.45) is 0.837. The number of aromatic nitrogens is 4. The molecule has 1 aromatic heterocycles. The van der Waals surface area contributed by atoms with Gasteiger partial charge < -0.3 is 5.32 Å². The fourth-order valence-electron chi connectivity index (χ4n) is 1.27. The van der Waals surface area contributed by atoms with Gasteiger partial charge in [-0.3, -0.25) is 0 Å². The van der Waals surface area contributed by atoms with Crippen molar-refractivity contribution in [3.8, 4) is 6.07 Å². The maximum atomic E-state index is 13.3. The van der Waals surface area contributed by atoms with Crippen molar-refractivity contribution < 1.29 is 17.6 Å². The molecule has 0 spiro atoms. The van der Waals surface area contributed by atoms with Gasteiger partial charge in [0.1, 0.15) is 17.3 Å². The van der Waals surface area contributed by atoms with Gasteiger partial charge in [0.25, 0.3) is 0 Å². The Hall–Kier alpha value is -2.96. The highest BCUT2D eigenvalue weighted by atomic mass is 19.2. The lowest BCUT2D eigenvalue weighted by atomic mass is 10.2. The predicted molar refractivity (Wildman–Crippen MR) is 57.7 cm³/mol. The van der Waals surface area contributed by atoms with Crippen LogP contribution in [0.1, 0.15) is 5.82 Å². The van der Waals surface area contributed by atoms with Crippen molar-refractivity contribution >= 4 is 11.3 Å².